The van der Waals surface area contributed by atoms with Crippen molar-refractivity contribution < 1.29 is 9.66 Å². The molecule has 2 aromatic rings. The second-order valence-electron chi connectivity index (χ2n) is 4.54. The average molecular weight is 272 g/mol. The standard InChI is InChI=1S/C15H16N2O3/c1-11(16)12-6-4-7-14(9-12)20-10-13-5-2-3-8-15(13)17(18)19/h2-9,11H,10,16H2,1H3. The molecule has 1 atom stereocenters. The highest BCUT2D eigenvalue weighted by Crippen LogP contribution is 2.22. The largest absolute Gasteiger partial charge is 0.489 e. The summed E-state index contributed by atoms with van der Waals surface area (Å²) in [5.74, 6) is 0.651. The Morgan fingerprint density at radius 1 is 1.25 bits per heavy atom. The first-order chi connectivity index (χ1) is 9.58. The molecule has 104 valence electrons. The van der Waals surface area contributed by atoms with Gasteiger partial charge < -0.3 is 10.5 Å². The van der Waals surface area contributed by atoms with Gasteiger partial charge in [0.2, 0.25) is 0 Å². The molecule has 0 aliphatic carbocycles. The van der Waals surface area contributed by atoms with Crippen LogP contribution in [0.5, 0.6) is 5.75 Å². The third-order valence-electron chi connectivity index (χ3n) is 2.97. The van der Waals surface area contributed by atoms with Crippen LogP contribution in [0.15, 0.2) is 48.5 Å². The van der Waals surface area contributed by atoms with Crippen LogP contribution in [-0.2, 0) is 6.61 Å². The summed E-state index contributed by atoms with van der Waals surface area (Å²) in [6, 6.07) is 13.9. The molecule has 0 bridgehead atoms. The normalized spacial score (nSPS) is 11.9. The molecule has 0 spiro atoms. The molecule has 2 rings (SSSR count). The van der Waals surface area contributed by atoms with Crippen molar-refractivity contribution in [2.45, 2.75) is 19.6 Å². The molecule has 0 saturated heterocycles. The summed E-state index contributed by atoms with van der Waals surface area (Å²) in [5.41, 5.74) is 7.38. The predicted octanol–water partition coefficient (Wildman–Crippen LogP) is 3.19. The van der Waals surface area contributed by atoms with E-state index in [0.29, 0.717) is 11.3 Å². The van der Waals surface area contributed by atoms with E-state index in [0.717, 1.165) is 5.56 Å². The molecule has 2 N–H and O–H groups in total. The molecule has 0 saturated carbocycles. The maximum absolute atomic E-state index is 10.9. The van der Waals surface area contributed by atoms with E-state index in [1.807, 2.05) is 25.1 Å². The van der Waals surface area contributed by atoms with Gasteiger partial charge in [0.25, 0.3) is 5.69 Å². The fraction of sp³-hybridized carbons (Fsp3) is 0.200. The molecule has 0 heterocycles. The minimum Gasteiger partial charge on any atom is -0.489 e. The van der Waals surface area contributed by atoms with E-state index < -0.39 is 4.92 Å². The Balaban J connectivity index is 2.13. The maximum Gasteiger partial charge on any atom is 0.276 e. The number of benzene rings is 2. The van der Waals surface area contributed by atoms with Crippen LogP contribution < -0.4 is 10.5 Å². The van der Waals surface area contributed by atoms with Crippen molar-refractivity contribution >= 4 is 5.69 Å². The van der Waals surface area contributed by atoms with Gasteiger partial charge in [0.05, 0.1) is 10.5 Å². The number of nitrogens with zero attached hydrogens (tertiary/aromatic N) is 1. The van der Waals surface area contributed by atoms with Crippen molar-refractivity contribution in [3.63, 3.8) is 0 Å². The molecule has 0 aromatic heterocycles. The van der Waals surface area contributed by atoms with Crippen molar-refractivity contribution in [2.24, 2.45) is 5.73 Å². The van der Waals surface area contributed by atoms with Crippen LogP contribution in [0.2, 0.25) is 0 Å². The fourth-order valence-electron chi connectivity index (χ4n) is 1.86. The lowest BCUT2D eigenvalue weighted by Gasteiger charge is -2.10. The molecule has 1 unspecified atom stereocenters. The number of nitrogens with two attached hydrogens (primary N) is 1. The summed E-state index contributed by atoms with van der Waals surface area (Å²) in [6.45, 7) is 2.04. The van der Waals surface area contributed by atoms with Crippen LogP contribution in [0.25, 0.3) is 0 Å². The quantitative estimate of drug-likeness (QED) is 0.669. The number of nitro groups is 1. The van der Waals surface area contributed by atoms with E-state index in [1.54, 1.807) is 24.3 Å². The highest BCUT2D eigenvalue weighted by Gasteiger charge is 2.12. The third-order valence-corrected chi connectivity index (χ3v) is 2.97. The Morgan fingerprint density at radius 2 is 2.00 bits per heavy atom. The minimum absolute atomic E-state index is 0.0656. The number of para-hydroxylation sites is 1. The van der Waals surface area contributed by atoms with Crippen molar-refractivity contribution in [2.75, 3.05) is 0 Å². The van der Waals surface area contributed by atoms with Crippen LogP contribution in [0.3, 0.4) is 0 Å². The second-order valence-corrected chi connectivity index (χ2v) is 4.54. The molecular formula is C15H16N2O3. The third kappa shape index (κ3) is 3.33. The van der Waals surface area contributed by atoms with Crippen molar-refractivity contribution in [3.8, 4) is 5.75 Å². The molecule has 2 aromatic carbocycles. The zero-order chi connectivity index (χ0) is 14.5. The van der Waals surface area contributed by atoms with Gasteiger partial charge in [-0.25, -0.2) is 0 Å². The van der Waals surface area contributed by atoms with Gasteiger partial charge in [-0.3, -0.25) is 10.1 Å². The van der Waals surface area contributed by atoms with Crippen molar-refractivity contribution in [1.82, 2.24) is 0 Å². The monoisotopic (exact) mass is 272 g/mol. The number of nitro benzene ring substituents is 1. The highest BCUT2D eigenvalue weighted by atomic mass is 16.6. The molecule has 0 radical (unpaired) electrons. The molecule has 0 fully saturated rings. The minimum atomic E-state index is -0.406. The summed E-state index contributed by atoms with van der Waals surface area (Å²) in [6.07, 6.45) is 0. The van der Waals surface area contributed by atoms with E-state index in [4.69, 9.17) is 10.5 Å². The SMILES string of the molecule is CC(N)c1cccc(OCc2ccccc2[N+](=O)[O-])c1. The number of hydrogen-bond acceptors (Lipinski definition) is 4. The number of hydrogen-bond donors (Lipinski definition) is 1. The van der Waals surface area contributed by atoms with Gasteiger partial charge in [-0.15, -0.1) is 0 Å². The Hall–Kier alpha value is -2.40. The Kier molecular flexibility index (Phi) is 4.32. The van der Waals surface area contributed by atoms with Crippen LogP contribution >= 0.6 is 0 Å². The second kappa shape index (κ2) is 6.16. The summed E-state index contributed by atoms with van der Waals surface area (Å²) in [7, 11) is 0. The molecule has 0 aliphatic rings. The van der Waals surface area contributed by atoms with Gasteiger partial charge in [0, 0.05) is 12.1 Å². The summed E-state index contributed by atoms with van der Waals surface area (Å²) in [5, 5.41) is 10.9. The van der Waals surface area contributed by atoms with E-state index >= 15 is 0 Å². The fourth-order valence-corrected chi connectivity index (χ4v) is 1.86. The first-order valence-corrected chi connectivity index (χ1v) is 6.28. The summed E-state index contributed by atoms with van der Waals surface area (Å²) >= 11 is 0. The zero-order valence-corrected chi connectivity index (χ0v) is 11.2. The van der Waals surface area contributed by atoms with E-state index in [2.05, 4.69) is 0 Å². The lowest BCUT2D eigenvalue weighted by atomic mass is 10.1. The lowest BCUT2D eigenvalue weighted by Crippen LogP contribution is -2.05. The molecule has 0 amide bonds. The number of ether oxygens (including phenoxy) is 1. The Labute approximate surface area is 117 Å². The molecule has 0 aliphatic heterocycles. The van der Waals surface area contributed by atoms with Crippen LogP contribution in [-0.4, -0.2) is 4.92 Å². The van der Waals surface area contributed by atoms with Crippen molar-refractivity contribution in [1.29, 1.82) is 0 Å². The predicted molar refractivity (Wildman–Crippen MR) is 76.5 cm³/mol. The zero-order valence-electron chi connectivity index (χ0n) is 11.2. The van der Waals surface area contributed by atoms with E-state index in [-0.39, 0.29) is 18.3 Å². The highest BCUT2D eigenvalue weighted by molar-refractivity contribution is 5.40. The van der Waals surface area contributed by atoms with Gasteiger partial charge in [-0.1, -0.05) is 24.3 Å². The van der Waals surface area contributed by atoms with Gasteiger partial charge in [-0.05, 0) is 30.7 Å². The van der Waals surface area contributed by atoms with Crippen LogP contribution in [0.4, 0.5) is 5.69 Å². The van der Waals surface area contributed by atoms with E-state index in [1.165, 1.54) is 6.07 Å². The Bertz CT molecular complexity index is 612. The van der Waals surface area contributed by atoms with E-state index in [9.17, 15) is 10.1 Å². The molecular weight excluding hydrogens is 256 g/mol. The van der Waals surface area contributed by atoms with Gasteiger partial charge in [0.15, 0.2) is 0 Å². The Morgan fingerprint density at radius 3 is 2.70 bits per heavy atom. The van der Waals surface area contributed by atoms with Gasteiger partial charge in [-0.2, -0.15) is 0 Å². The first kappa shape index (κ1) is 14.0. The molecule has 5 nitrogen and oxygen atoms in total. The van der Waals surface area contributed by atoms with Crippen molar-refractivity contribution in [3.05, 3.63) is 69.8 Å². The van der Waals surface area contributed by atoms with Crippen LogP contribution in [0, 0.1) is 10.1 Å². The number of rotatable bonds is 5. The van der Waals surface area contributed by atoms with Gasteiger partial charge in [0.1, 0.15) is 12.4 Å². The molecule has 5 heteroatoms. The average Bonchev–Trinajstić information content (AvgIpc) is 2.45. The topological polar surface area (TPSA) is 78.4 Å². The summed E-state index contributed by atoms with van der Waals surface area (Å²) in [4.78, 5) is 10.5. The first-order valence-electron chi connectivity index (χ1n) is 6.28. The lowest BCUT2D eigenvalue weighted by molar-refractivity contribution is -0.385. The maximum atomic E-state index is 10.9. The van der Waals surface area contributed by atoms with Crippen LogP contribution in [0.1, 0.15) is 24.1 Å². The molecule has 20 heavy (non-hydrogen) atoms. The van der Waals surface area contributed by atoms with Gasteiger partial charge >= 0.3 is 0 Å². The summed E-state index contributed by atoms with van der Waals surface area (Å²) < 4.78 is 5.61. The smallest absolute Gasteiger partial charge is 0.276 e.